The molecule has 0 amide bonds. The van der Waals surface area contributed by atoms with E-state index >= 15 is 0 Å². The van der Waals surface area contributed by atoms with E-state index in [9.17, 15) is 9.59 Å². The highest BCUT2D eigenvalue weighted by Gasteiger charge is 2.07. The lowest BCUT2D eigenvalue weighted by Crippen LogP contribution is -2.05. The monoisotopic (exact) mass is 236 g/mol. The van der Waals surface area contributed by atoms with Crippen LogP contribution in [0.5, 0.6) is 0 Å². The van der Waals surface area contributed by atoms with Crippen LogP contribution in [0.25, 0.3) is 11.0 Å². The maximum Gasteiger partial charge on any atom is 0.350 e. The molecular weight excluding hydrogens is 228 g/mol. The minimum Gasteiger partial charge on any atom is -0.481 e. The molecule has 16 heavy (non-hydrogen) atoms. The van der Waals surface area contributed by atoms with Crippen molar-refractivity contribution in [3.63, 3.8) is 0 Å². The predicted molar refractivity (Wildman–Crippen MR) is 60.8 cm³/mol. The Balaban J connectivity index is 2.42. The normalized spacial score (nSPS) is 10.5. The van der Waals surface area contributed by atoms with Gasteiger partial charge in [-0.05, 0) is 12.1 Å². The Labute approximate surface area is 94.9 Å². The molecule has 0 atom stereocenters. The zero-order valence-corrected chi connectivity index (χ0v) is 8.99. The molecule has 2 aromatic rings. The SMILES string of the molecule is O=C(O)CSc1cc2ccccc2oc1=O. The number of fused-ring (bicyclic) bond motifs is 1. The Morgan fingerprint density at radius 3 is 2.88 bits per heavy atom. The van der Waals surface area contributed by atoms with Gasteiger partial charge in [0.25, 0.3) is 0 Å². The number of thioether (sulfide) groups is 1. The largest absolute Gasteiger partial charge is 0.481 e. The summed E-state index contributed by atoms with van der Waals surface area (Å²) < 4.78 is 5.06. The van der Waals surface area contributed by atoms with Gasteiger partial charge in [-0.2, -0.15) is 0 Å². The molecule has 0 saturated carbocycles. The van der Waals surface area contributed by atoms with E-state index in [1.807, 2.05) is 12.1 Å². The van der Waals surface area contributed by atoms with Crippen LogP contribution in [-0.4, -0.2) is 16.8 Å². The van der Waals surface area contributed by atoms with Crippen LogP contribution in [0.15, 0.2) is 44.4 Å². The van der Waals surface area contributed by atoms with Crippen LogP contribution in [0.3, 0.4) is 0 Å². The average molecular weight is 236 g/mol. The summed E-state index contributed by atoms with van der Waals surface area (Å²) in [5.74, 6) is -1.11. The van der Waals surface area contributed by atoms with Crippen LogP contribution in [0.4, 0.5) is 0 Å². The van der Waals surface area contributed by atoms with Crippen LogP contribution < -0.4 is 5.63 Å². The fourth-order valence-electron chi connectivity index (χ4n) is 1.28. The Bertz CT molecular complexity index is 588. The summed E-state index contributed by atoms with van der Waals surface area (Å²) in [6, 6.07) is 8.75. The van der Waals surface area contributed by atoms with E-state index in [0.29, 0.717) is 10.5 Å². The molecule has 1 aromatic carbocycles. The lowest BCUT2D eigenvalue weighted by Gasteiger charge is -1.99. The quantitative estimate of drug-likeness (QED) is 0.651. The molecular formula is C11H8O4S. The molecule has 0 aliphatic heterocycles. The molecule has 1 aromatic heterocycles. The van der Waals surface area contributed by atoms with Gasteiger partial charge in [0.15, 0.2) is 0 Å². The molecule has 0 aliphatic rings. The van der Waals surface area contributed by atoms with Crippen molar-refractivity contribution in [2.45, 2.75) is 4.90 Å². The first kappa shape index (κ1) is 10.8. The molecule has 1 N–H and O–H groups in total. The van der Waals surface area contributed by atoms with Gasteiger partial charge >= 0.3 is 11.6 Å². The maximum atomic E-state index is 11.5. The van der Waals surface area contributed by atoms with E-state index in [1.54, 1.807) is 18.2 Å². The van der Waals surface area contributed by atoms with Crippen molar-refractivity contribution < 1.29 is 14.3 Å². The standard InChI is InChI=1S/C11H8O4S/c12-10(13)6-16-9-5-7-3-1-2-4-8(7)15-11(9)14/h1-5H,6H2,(H,12,13). The highest BCUT2D eigenvalue weighted by molar-refractivity contribution is 8.00. The minimum atomic E-state index is -0.961. The Morgan fingerprint density at radius 1 is 1.38 bits per heavy atom. The van der Waals surface area contributed by atoms with Gasteiger partial charge in [-0.1, -0.05) is 18.2 Å². The van der Waals surface area contributed by atoms with Gasteiger partial charge < -0.3 is 9.52 Å². The molecule has 1 heterocycles. The topological polar surface area (TPSA) is 67.5 Å². The average Bonchev–Trinajstić information content (AvgIpc) is 2.26. The van der Waals surface area contributed by atoms with Crippen molar-refractivity contribution in [3.8, 4) is 0 Å². The van der Waals surface area contributed by atoms with Crippen LogP contribution in [0.1, 0.15) is 0 Å². The van der Waals surface area contributed by atoms with Crippen molar-refractivity contribution in [1.29, 1.82) is 0 Å². The third kappa shape index (κ3) is 2.25. The number of carboxylic acids is 1. The van der Waals surface area contributed by atoms with E-state index in [1.165, 1.54) is 0 Å². The van der Waals surface area contributed by atoms with Gasteiger partial charge in [0.2, 0.25) is 0 Å². The van der Waals surface area contributed by atoms with Crippen LogP contribution in [0.2, 0.25) is 0 Å². The molecule has 0 fully saturated rings. The molecule has 82 valence electrons. The van der Waals surface area contributed by atoms with Crippen LogP contribution in [0, 0.1) is 0 Å². The van der Waals surface area contributed by atoms with Gasteiger partial charge in [0.05, 0.1) is 10.6 Å². The van der Waals surface area contributed by atoms with Crippen molar-refractivity contribution in [2.24, 2.45) is 0 Å². The van der Waals surface area contributed by atoms with Gasteiger partial charge in [-0.15, -0.1) is 11.8 Å². The van der Waals surface area contributed by atoms with Crippen LogP contribution >= 0.6 is 11.8 Å². The van der Waals surface area contributed by atoms with Crippen molar-refractivity contribution in [1.82, 2.24) is 0 Å². The number of carboxylic acid groups (broad SMARTS) is 1. The summed E-state index contributed by atoms with van der Waals surface area (Å²) in [5, 5.41) is 9.31. The molecule has 0 unspecified atom stereocenters. The fourth-order valence-corrected chi connectivity index (χ4v) is 1.93. The Hall–Kier alpha value is -1.75. The third-order valence-electron chi connectivity index (χ3n) is 1.96. The first-order valence-corrected chi connectivity index (χ1v) is 5.53. The van der Waals surface area contributed by atoms with Gasteiger partial charge in [-0.25, -0.2) is 4.79 Å². The number of benzene rings is 1. The summed E-state index contributed by atoms with van der Waals surface area (Å²) in [6.07, 6.45) is 0. The van der Waals surface area contributed by atoms with E-state index in [2.05, 4.69) is 0 Å². The third-order valence-corrected chi connectivity index (χ3v) is 2.95. The van der Waals surface area contributed by atoms with Crippen molar-refractivity contribution >= 4 is 28.7 Å². The van der Waals surface area contributed by atoms with Gasteiger partial charge in [0, 0.05) is 5.39 Å². The fraction of sp³-hybridized carbons (Fsp3) is 0.0909. The highest BCUT2D eigenvalue weighted by atomic mass is 32.2. The molecule has 0 bridgehead atoms. The summed E-state index contributed by atoms with van der Waals surface area (Å²) >= 11 is 0.964. The van der Waals surface area contributed by atoms with Gasteiger partial charge in [-0.3, -0.25) is 4.79 Å². The molecule has 0 radical (unpaired) electrons. The van der Waals surface area contributed by atoms with Crippen molar-refractivity contribution in [3.05, 3.63) is 40.8 Å². The first-order chi connectivity index (χ1) is 7.66. The highest BCUT2D eigenvalue weighted by Crippen LogP contribution is 2.19. The zero-order valence-electron chi connectivity index (χ0n) is 8.17. The second-order valence-corrected chi connectivity index (χ2v) is 4.14. The summed E-state index contributed by atoms with van der Waals surface area (Å²) in [5.41, 5.74) is 0.0112. The minimum absolute atomic E-state index is 0.150. The molecule has 2 rings (SSSR count). The molecule has 0 spiro atoms. The molecule has 0 saturated heterocycles. The number of aliphatic carboxylic acids is 1. The second kappa shape index (κ2) is 4.40. The second-order valence-electron chi connectivity index (χ2n) is 3.12. The number of hydrogen-bond donors (Lipinski definition) is 1. The first-order valence-electron chi connectivity index (χ1n) is 4.54. The molecule has 0 aliphatic carbocycles. The summed E-state index contributed by atoms with van der Waals surface area (Å²) in [6.45, 7) is 0. The number of para-hydroxylation sites is 1. The lowest BCUT2D eigenvalue weighted by molar-refractivity contribution is -0.133. The molecule has 4 nitrogen and oxygen atoms in total. The van der Waals surface area contributed by atoms with Crippen molar-refractivity contribution in [2.75, 3.05) is 5.75 Å². The predicted octanol–water partition coefficient (Wildman–Crippen LogP) is 1.97. The number of carbonyl (C=O) groups is 1. The van der Waals surface area contributed by atoms with Gasteiger partial charge in [0.1, 0.15) is 5.58 Å². The summed E-state index contributed by atoms with van der Waals surface area (Å²) in [7, 11) is 0. The zero-order chi connectivity index (χ0) is 11.5. The lowest BCUT2D eigenvalue weighted by atomic mass is 10.2. The maximum absolute atomic E-state index is 11.5. The smallest absolute Gasteiger partial charge is 0.350 e. The van der Waals surface area contributed by atoms with E-state index in [4.69, 9.17) is 9.52 Å². The van der Waals surface area contributed by atoms with E-state index in [0.717, 1.165) is 17.1 Å². The van der Waals surface area contributed by atoms with E-state index < -0.39 is 11.6 Å². The Morgan fingerprint density at radius 2 is 2.12 bits per heavy atom. The number of hydrogen-bond acceptors (Lipinski definition) is 4. The number of rotatable bonds is 3. The van der Waals surface area contributed by atoms with Crippen LogP contribution in [-0.2, 0) is 4.79 Å². The Kier molecular flexibility index (Phi) is 2.96. The van der Waals surface area contributed by atoms with E-state index in [-0.39, 0.29) is 5.75 Å². The molecule has 5 heteroatoms. The summed E-state index contributed by atoms with van der Waals surface area (Å²) in [4.78, 5) is 22.2.